The number of nitrogens with zero attached hydrogens (tertiary/aromatic N) is 3. The molecule has 0 bridgehead atoms. The van der Waals surface area contributed by atoms with Gasteiger partial charge < -0.3 is 14.8 Å². The zero-order valence-electron chi connectivity index (χ0n) is 25.5. The average Bonchev–Trinajstić information content (AvgIpc) is 3.57. The number of hydrogen-bond donors (Lipinski definition) is 1. The maximum absolute atomic E-state index is 14.3. The molecule has 1 saturated heterocycles. The summed E-state index contributed by atoms with van der Waals surface area (Å²) in [6, 6.07) is 3.67. The van der Waals surface area contributed by atoms with Crippen molar-refractivity contribution >= 4 is 46.4 Å². The van der Waals surface area contributed by atoms with Crippen molar-refractivity contribution in [2.45, 2.75) is 92.2 Å². The number of imide groups is 1. The Morgan fingerprint density at radius 3 is 2.23 bits per heavy atom. The number of hydrogen-bond acceptors (Lipinski definition) is 9. The SMILES string of the molecule is CC(C)=C1OC(=O)N(c2cc(OC3CCCC3)c(Cl)cc2F)C1=O.CCC(CC)Nc1c([N+](=O)[O-])cc(C)c(C)c1[N+](=O)[O-]. The molecule has 238 valence electrons. The summed E-state index contributed by atoms with van der Waals surface area (Å²) < 4.78 is 25.1. The van der Waals surface area contributed by atoms with Gasteiger partial charge in [-0.2, -0.15) is 0 Å². The molecule has 2 fully saturated rings. The van der Waals surface area contributed by atoms with Crippen LogP contribution in [-0.2, 0) is 9.53 Å². The van der Waals surface area contributed by atoms with Crippen LogP contribution in [0.1, 0.15) is 77.3 Å². The van der Waals surface area contributed by atoms with Crippen LogP contribution in [0, 0.1) is 39.9 Å². The van der Waals surface area contributed by atoms with Crippen LogP contribution in [0.4, 0.5) is 31.9 Å². The summed E-state index contributed by atoms with van der Waals surface area (Å²) in [7, 11) is 0. The lowest BCUT2D eigenvalue weighted by molar-refractivity contribution is -0.392. The number of nitro groups is 2. The van der Waals surface area contributed by atoms with Gasteiger partial charge in [-0.05, 0) is 83.4 Å². The second-order valence-corrected chi connectivity index (χ2v) is 11.2. The number of cyclic esters (lactones) is 1. The second kappa shape index (κ2) is 14.5. The largest absolute Gasteiger partial charge is 0.489 e. The standard InChI is InChI=1S/C17H17ClFNO4.C13H19N3O4/c1-9(2)15-16(21)20(17(22)24-15)13-8-14(11(18)7-12(13)19)23-10-5-3-4-6-10;1-5-10(6-2)14-12-11(15(17)18)7-8(3)9(4)13(12)16(19)20/h7-8,10H,3-6H2,1-2H3;7,10,14H,5-6H2,1-4H3. The van der Waals surface area contributed by atoms with E-state index in [1.165, 1.54) is 12.1 Å². The number of aryl methyl sites for hydroxylation is 1. The first-order valence-electron chi connectivity index (χ1n) is 14.3. The third-order valence-electron chi connectivity index (χ3n) is 7.57. The van der Waals surface area contributed by atoms with Crippen molar-refractivity contribution in [1.82, 2.24) is 0 Å². The van der Waals surface area contributed by atoms with Gasteiger partial charge in [0.1, 0.15) is 11.6 Å². The number of benzene rings is 2. The first-order valence-corrected chi connectivity index (χ1v) is 14.7. The maximum atomic E-state index is 14.3. The van der Waals surface area contributed by atoms with Crippen molar-refractivity contribution < 1.29 is 33.3 Å². The number of amides is 2. The van der Waals surface area contributed by atoms with Crippen LogP contribution >= 0.6 is 11.6 Å². The van der Waals surface area contributed by atoms with Crippen LogP contribution in [0.25, 0.3) is 0 Å². The highest BCUT2D eigenvalue weighted by molar-refractivity contribution is 6.32. The van der Waals surface area contributed by atoms with Crippen LogP contribution in [0.2, 0.25) is 5.02 Å². The molecule has 1 N–H and O–H groups in total. The molecule has 44 heavy (non-hydrogen) atoms. The van der Waals surface area contributed by atoms with Gasteiger partial charge >= 0.3 is 17.7 Å². The fourth-order valence-corrected chi connectivity index (χ4v) is 5.14. The molecule has 0 spiro atoms. The van der Waals surface area contributed by atoms with E-state index in [9.17, 15) is 34.2 Å². The first kappa shape index (κ1) is 34.2. The number of rotatable bonds is 9. The quantitative estimate of drug-likeness (QED) is 0.163. The Morgan fingerprint density at radius 1 is 1.11 bits per heavy atom. The molecule has 2 aromatic carbocycles. The Hall–Kier alpha value is -4.26. The van der Waals surface area contributed by atoms with E-state index in [2.05, 4.69) is 5.32 Å². The first-order chi connectivity index (χ1) is 20.7. The Kier molecular flexibility index (Phi) is 11.3. The topological polar surface area (TPSA) is 154 Å². The number of allylic oxidation sites excluding steroid dienone is 1. The van der Waals surface area contributed by atoms with E-state index in [0.717, 1.165) is 44.6 Å². The number of anilines is 2. The minimum Gasteiger partial charge on any atom is -0.489 e. The highest BCUT2D eigenvalue weighted by atomic mass is 35.5. The lowest BCUT2D eigenvalue weighted by Gasteiger charge is -2.18. The van der Waals surface area contributed by atoms with Crippen molar-refractivity contribution in [3.05, 3.63) is 71.7 Å². The molecular weight excluding hydrogens is 599 g/mol. The van der Waals surface area contributed by atoms with Crippen molar-refractivity contribution in [1.29, 1.82) is 0 Å². The monoisotopic (exact) mass is 634 g/mol. The van der Waals surface area contributed by atoms with Crippen LogP contribution < -0.4 is 15.0 Å². The van der Waals surface area contributed by atoms with Gasteiger partial charge in [0.15, 0.2) is 11.4 Å². The third-order valence-corrected chi connectivity index (χ3v) is 7.86. The number of carbonyl (C=O) groups is 2. The second-order valence-electron chi connectivity index (χ2n) is 10.8. The number of nitro benzene ring substituents is 2. The van der Waals surface area contributed by atoms with Gasteiger partial charge in [0.25, 0.3) is 5.69 Å². The van der Waals surface area contributed by atoms with Crippen molar-refractivity contribution in [3.63, 3.8) is 0 Å². The van der Waals surface area contributed by atoms with Gasteiger partial charge in [-0.1, -0.05) is 25.4 Å². The molecule has 1 saturated carbocycles. The van der Waals surface area contributed by atoms with Crippen molar-refractivity contribution in [2.75, 3.05) is 10.2 Å². The summed E-state index contributed by atoms with van der Waals surface area (Å²) in [6.07, 6.45) is 4.47. The fourth-order valence-electron chi connectivity index (χ4n) is 4.94. The van der Waals surface area contributed by atoms with Gasteiger partial charge in [-0.15, -0.1) is 0 Å². The van der Waals surface area contributed by atoms with E-state index in [0.29, 0.717) is 21.6 Å². The average molecular weight is 635 g/mol. The van der Waals surface area contributed by atoms with Gasteiger partial charge in [0.2, 0.25) is 0 Å². The zero-order chi connectivity index (χ0) is 32.9. The minimum absolute atomic E-state index is 0.00962. The molecular formula is C30H36ClFN4O8. The molecule has 0 atom stereocenters. The number of carbonyl (C=O) groups excluding carboxylic acids is 2. The summed E-state index contributed by atoms with van der Waals surface area (Å²) in [6.45, 7) is 10.4. The molecule has 2 amide bonds. The van der Waals surface area contributed by atoms with Gasteiger partial charge in [0.05, 0.1) is 26.7 Å². The zero-order valence-corrected chi connectivity index (χ0v) is 26.2. The number of halogens is 2. The van der Waals surface area contributed by atoms with Gasteiger partial charge in [0, 0.05) is 23.7 Å². The van der Waals surface area contributed by atoms with E-state index < -0.39 is 27.7 Å². The maximum Gasteiger partial charge on any atom is 0.427 e. The summed E-state index contributed by atoms with van der Waals surface area (Å²) in [5.41, 5.74) is 0.867. The third kappa shape index (κ3) is 7.44. The molecule has 0 radical (unpaired) electrons. The highest BCUT2D eigenvalue weighted by Gasteiger charge is 2.40. The lowest BCUT2D eigenvalue weighted by Crippen LogP contribution is -2.29. The Bertz CT molecular complexity index is 1500. The summed E-state index contributed by atoms with van der Waals surface area (Å²) in [5.74, 6) is -1.33. The Labute approximate surface area is 259 Å². The molecule has 0 unspecified atom stereocenters. The van der Waals surface area contributed by atoms with Crippen LogP contribution in [-0.4, -0.2) is 34.0 Å². The normalized spacial score (nSPS) is 14.8. The molecule has 1 aliphatic carbocycles. The summed E-state index contributed by atoms with van der Waals surface area (Å²) >= 11 is 6.04. The van der Waals surface area contributed by atoms with Gasteiger partial charge in [-0.25, -0.2) is 14.1 Å². The highest BCUT2D eigenvalue weighted by Crippen LogP contribution is 2.40. The van der Waals surface area contributed by atoms with E-state index >= 15 is 0 Å². The Morgan fingerprint density at radius 2 is 1.73 bits per heavy atom. The molecule has 14 heteroatoms. The van der Waals surface area contributed by atoms with Crippen LogP contribution in [0.3, 0.4) is 0 Å². The van der Waals surface area contributed by atoms with Crippen LogP contribution in [0.5, 0.6) is 5.75 Å². The summed E-state index contributed by atoms with van der Waals surface area (Å²) in [4.78, 5) is 46.3. The molecule has 0 aromatic heterocycles. The summed E-state index contributed by atoms with van der Waals surface area (Å²) in [5, 5.41) is 25.5. The fraction of sp³-hybridized carbons (Fsp3) is 0.467. The Balaban J connectivity index is 0.000000245. The smallest absolute Gasteiger partial charge is 0.427 e. The molecule has 4 rings (SSSR count). The minimum atomic E-state index is -0.941. The van der Waals surface area contributed by atoms with E-state index in [-0.39, 0.29) is 51.4 Å². The van der Waals surface area contributed by atoms with Crippen LogP contribution in [0.15, 0.2) is 29.5 Å². The van der Waals surface area contributed by atoms with Crippen molar-refractivity contribution in [3.8, 4) is 5.75 Å². The van der Waals surface area contributed by atoms with E-state index in [1.54, 1.807) is 27.7 Å². The molecule has 12 nitrogen and oxygen atoms in total. The van der Waals surface area contributed by atoms with E-state index in [1.807, 2.05) is 13.8 Å². The van der Waals surface area contributed by atoms with Crippen molar-refractivity contribution in [2.24, 2.45) is 0 Å². The molecule has 1 aliphatic heterocycles. The number of nitrogens with one attached hydrogen (secondary N) is 1. The molecule has 2 aliphatic rings. The molecule has 2 aromatic rings. The predicted molar refractivity (Wildman–Crippen MR) is 164 cm³/mol. The van der Waals surface area contributed by atoms with E-state index in [4.69, 9.17) is 21.1 Å². The molecule has 1 heterocycles. The predicted octanol–water partition coefficient (Wildman–Crippen LogP) is 8.30. The lowest BCUT2D eigenvalue weighted by atomic mass is 10.0. The number of ether oxygens (including phenoxy) is 2. The van der Waals surface area contributed by atoms with Gasteiger partial charge in [-0.3, -0.25) is 25.0 Å².